The van der Waals surface area contributed by atoms with Gasteiger partial charge in [-0.15, -0.1) is 0 Å². The molecule has 15 nitrogen and oxygen atoms in total. The smallest absolute Gasteiger partial charge is 0.328 e. The van der Waals surface area contributed by atoms with E-state index in [1.165, 1.54) is 49.3 Å². The molecule has 2 aromatic heterocycles. The van der Waals surface area contributed by atoms with Gasteiger partial charge >= 0.3 is 6.03 Å². The van der Waals surface area contributed by atoms with Crippen LogP contribution in [-0.2, 0) is 21.7 Å². The number of H-pyrrole nitrogens is 1. The molecule has 0 unspecified atom stereocenters. The van der Waals surface area contributed by atoms with Gasteiger partial charge in [0.1, 0.15) is 29.4 Å². The van der Waals surface area contributed by atoms with Crippen LogP contribution in [0.1, 0.15) is 47.3 Å². The first-order chi connectivity index (χ1) is 31.2. The average molecular weight is 886 g/mol. The zero-order valence-corrected chi connectivity index (χ0v) is 36.2. The summed E-state index contributed by atoms with van der Waals surface area (Å²) in [6, 6.07) is 22.9. The second-order valence-corrected chi connectivity index (χ2v) is 16.7. The number of fused-ring (bicyclic) bond motifs is 1. The van der Waals surface area contributed by atoms with Crippen LogP contribution in [-0.4, -0.2) is 106 Å². The number of aliphatic hydroxyl groups is 1. The molecule has 5 N–H and O–H groups in total. The molecule has 0 atom stereocenters. The van der Waals surface area contributed by atoms with Crippen molar-refractivity contribution >= 4 is 46.2 Å². The SMILES string of the molecule is Cc1c(NC(=O)c2ccc(C(C)(C)O)cc2F)cc(F)cc1-c1ncnc2[nH]c(-c3ccc(CN4CCN(CCNC(=O)COc5ccc(N6CCC(=O)NC6=O)cc5)CC4)cc3)cc12. The molecule has 0 saturated carbocycles. The van der Waals surface area contributed by atoms with E-state index in [0.29, 0.717) is 57.9 Å². The summed E-state index contributed by atoms with van der Waals surface area (Å²) in [5.74, 6) is -2.20. The number of carbonyl (C=O) groups excluding carboxylic acids is 4. The number of imide groups is 1. The van der Waals surface area contributed by atoms with Crippen LogP contribution in [0.3, 0.4) is 0 Å². The molecule has 2 aliphatic rings. The minimum absolute atomic E-state index is 0.133. The molecule has 5 amide bonds. The van der Waals surface area contributed by atoms with E-state index in [9.17, 15) is 28.7 Å². The molecule has 6 aromatic rings. The van der Waals surface area contributed by atoms with Crippen LogP contribution in [0.15, 0.2) is 91.3 Å². The monoisotopic (exact) mass is 885 g/mol. The second kappa shape index (κ2) is 18.9. The standard InChI is InChI=1S/C48H49F2N9O6/c1-29-37(23-33(49)24-40(29)55-46(62)36-13-8-32(22-39(36)50)48(2,3)64)44-38-25-41(54-45(38)53-28-52-44)31-6-4-30(5-7-31)26-58-20-18-57(19-21-58)17-15-51-43(61)27-65-35-11-9-34(10-12-35)59-16-14-42(60)56-47(59)63/h4-13,22-25,28,64H,14-21,26-27H2,1-3H3,(H,51,61)(H,55,62)(H,52,53,54)(H,56,60,63). The minimum atomic E-state index is -1.29. The zero-order valence-electron chi connectivity index (χ0n) is 36.2. The number of halogens is 2. The Labute approximate surface area is 373 Å². The van der Waals surface area contributed by atoms with Crippen LogP contribution in [0, 0.1) is 18.6 Å². The summed E-state index contributed by atoms with van der Waals surface area (Å²) in [7, 11) is 0. The zero-order chi connectivity index (χ0) is 45.8. The van der Waals surface area contributed by atoms with Crippen molar-refractivity contribution in [2.45, 2.75) is 39.3 Å². The van der Waals surface area contributed by atoms with Gasteiger partial charge < -0.3 is 25.5 Å². The molecule has 0 bridgehead atoms. The maximum atomic E-state index is 15.2. The first-order valence-corrected chi connectivity index (χ1v) is 21.3. The average Bonchev–Trinajstić information content (AvgIpc) is 3.73. The molecule has 2 fully saturated rings. The number of nitrogens with one attached hydrogen (secondary N) is 4. The van der Waals surface area contributed by atoms with Gasteiger partial charge in [-0.3, -0.25) is 34.4 Å². The molecule has 65 heavy (non-hydrogen) atoms. The normalized spacial score (nSPS) is 15.0. The van der Waals surface area contributed by atoms with Gasteiger partial charge in [0.05, 0.1) is 16.9 Å². The van der Waals surface area contributed by atoms with Crippen LogP contribution in [0.4, 0.5) is 25.0 Å². The number of benzene rings is 4. The van der Waals surface area contributed by atoms with Gasteiger partial charge in [-0.25, -0.2) is 23.5 Å². The van der Waals surface area contributed by atoms with E-state index < -0.39 is 29.2 Å². The van der Waals surface area contributed by atoms with Crippen molar-refractivity contribution in [2.75, 3.05) is 62.6 Å². The van der Waals surface area contributed by atoms with Crippen molar-refractivity contribution in [3.63, 3.8) is 0 Å². The molecule has 4 aromatic carbocycles. The summed E-state index contributed by atoms with van der Waals surface area (Å²) < 4.78 is 35.8. The van der Waals surface area contributed by atoms with Crippen LogP contribution in [0.2, 0.25) is 0 Å². The summed E-state index contributed by atoms with van der Waals surface area (Å²) in [5, 5.41) is 18.8. The number of anilines is 2. The number of rotatable bonds is 14. The number of piperazine rings is 1. The maximum Gasteiger partial charge on any atom is 0.328 e. The van der Waals surface area contributed by atoms with Gasteiger partial charge in [0.15, 0.2) is 6.61 Å². The summed E-state index contributed by atoms with van der Waals surface area (Å²) in [5.41, 5.74) is 4.45. The molecule has 8 rings (SSSR count). The summed E-state index contributed by atoms with van der Waals surface area (Å²) in [6.45, 7) is 10.4. The third-order valence-electron chi connectivity index (χ3n) is 11.7. The number of aromatic amines is 1. The van der Waals surface area contributed by atoms with Gasteiger partial charge in [-0.2, -0.15) is 0 Å². The topological polar surface area (TPSA) is 185 Å². The van der Waals surface area contributed by atoms with Crippen molar-refractivity contribution < 1.29 is 37.8 Å². The highest BCUT2D eigenvalue weighted by atomic mass is 19.1. The highest BCUT2D eigenvalue weighted by molar-refractivity contribution is 6.06. The van der Waals surface area contributed by atoms with Crippen LogP contribution in [0.25, 0.3) is 33.5 Å². The third kappa shape index (κ3) is 10.5. The Hall–Kier alpha value is -7.08. The molecule has 2 aliphatic heterocycles. The molecular weight excluding hydrogens is 837 g/mol. The Morgan fingerprint density at radius 1 is 0.892 bits per heavy atom. The van der Waals surface area contributed by atoms with Gasteiger partial charge in [0.25, 0.3) is 11.8 Å². The molecule has 336 valence electrons. The Morgan fingerprint density at radius 3 is 2.34 bits per heavy atom. The number of amides is 5. The van der Waals surface area contributed by atoms with Crippen molar-refractivity contribution in [1.29, 1.82) is 0 Å². The van der Waals surface area contributed by atoms with Gasteiger partial charge in [0, 0.05) is 86.8 Å². The van der Waals surface area contributed by atoms with Crippen molar-refractivity contribution in [2.24, 2.45) is 0 Å². The van der Waals surface area contributed by atoms with Gasteiger partial charge in [-0.05, 0) is 97.6 Å². The third-order valence-corrected chi connectivity index (χ3v) is 11.7. The van der Waals surface area contributed by atoms with Crippen molar-refractivity contribution in [3.8, 4) is 28.3 Å². The van der Waals surface area contributed by atoms with Crippen LogP contribution in [0.5, 0.6) is 5.75 Å². The van der Waals surface area contributed by atoms with Crippen molar-refractivity contribution in [3.05, 3.63) is 125 Å². The molecule has 0 spiro atoms. The quantitative estimate of drug-likeness (QED) is 0.0855. The van der Waals surface area contributed by atoms with Crippen LogP contribution >= 0.6 is 0 Å². The van der Waals surface area contributed by atoms with E-state index in [2.05, 4.69) is 52.8 Å². The summed E-state index contributed by atoms with van der Waals surface area (Å²) in [4.78, 5) is 67.6. The molecular formula is C48H49F2N9O6. The molecule has 0 radical (unpaired) electrons. The van der Waals surface area contributed by atoms with E-state index in [-0.39, 0.29) is 36.1 Å². The van der Waals surface area contributed by atoms with E-state index in [1.807, 2.05) is 18.2 Å². The summed E-state index contributed by atoms with van der Waals surface area (Å²) >= 11 is 0. The molecule has 0 aliphatic carbocycles. The van der Waals surface area contributed by atoms with E-state index in [1.54, 1.807) is 31.2 Å². The Bertz CT molecular complexity index is 2750. The Kier molecular flexibility index (Phi) is 13.0. The number of hydrogen-bond acceptors (Lipinski definition) is 10. The number of nitrogens with zero attached hydrogens (tertiary/aromatic N) is 5. The lowest BCUT2D eigenvalue weighted by molar-refractivity contribution is -0.123. The fourth-order valence-corrected chi connectivity index (χ4v) is 7.94. The summed E-state index contributed by atoms with van der Waals surface area (Å²) in [6.07, 6.45) is 1.63. The van der Waals surface area contributed by atoms with E-state index in [0.717, 1.165) is 62.2 Å². The number of hydrogen-bond donors (Lipinski definition) is 5. The first kappa shape index (κ1) is 44.5. The van der Waals surface area contributed by atoms with Crippen LogP contribution < -0.4 is 25.6 Å². The predicted molar refractivity (Wildman–Crippen MR) is 241 cm³/mol. The Balaban J connectivity index is 0.814. The number of aromatic nitrogens is 3. The second-order valence-electron chi connectivity index (χ2n) is 16.7. The predicted octanol–water partition coefficient (Wildman–Crippen LogP) is 6.12. The minimum Gasteiger partial charge on any atom is -0.484 e. The fraction of sp³-hybridized carbons (Fsp3) is 0.292. The first-order valence-electron chi connectivity index (χ1n) is 21.3. The van der Waals surface area contributed by atoms with E-state index >= 15 is 4.39 Å². The lowest BCUT2D eigenvalue weighted by Gasteiger charge is -2.34. The Morgan fingerprint density at radius 2 is 1.63 bits per heavy atom. The van der Waals surface area contributed by atoms with Gasteiger partial charge in [-0.1, -0.05) is 30.3 Å². The van der Waals surface area contributed by atoms with E-state index in [4.69, 9.17) is 4.74 Å². The fourth-order valence-electron chi connectivity index (χ4n) is 7.94. The largest absolute Gasteiger partial charge is 0.484 e. The molecule has 2 saturated heterocycles. The lowest BCUT2D eigenvalue weighted by atomic mass is 9.96. The highest BCUT2D eigenvalue weighted by Crippen LogP contribution is 2.35. The number of urea groups is 1. The number of carbonyl (C=O) groups is 4. The lowest BCUT2D eigenvalue weighted by Crippen LogP contribution is -2.49. The number of ether oxygens (including phenoxy) is 1. The maximum absolute atomic E-state index is 15.2. The van der Waals surface area contributed by atoms with Crippen molar-refractivity contribution in [1.82, 2.24) is 35.4 Å². The highest BCUT2D eigenvalue weighted by Gasteiger charge is 2.25. The molecule has 4 heterocycles. The molecule has 17 heteroatoms. The van der Waals surface area contributed by atoms with Gasteiger partial charge in [0.2, 0.25) is 5.91 Å².